The first-order chi connectivity index (χ1) is 9.13. The monoisotopic (exact) mass is 267 g/mol. The number of anilines is 1. The minimum atomic E-state index is -0.0758. The molecule has 19 heavy (non-hydrogen) atoms. The van der Waals surface area contributed by atoms with E-state index < -0.39 is 0 Å². The number of hydrogen-bond acceptors (Lipinski definition) is 4. The fraction of sp³-hybridized carbons (Fsp3) is 0.600. The van der Waals surface area contributed by atoms with Crippen LogP contribution >= 0.6 is 0 Å². The predicted molar refractivity (Wildman–Crippen MR) is 77.8 cm³/mol. The highest BCUT2D eigenvalue weighted by molar-refractivity contribution is 5.46. The molecule has 0 radical (unpaired) electrons. The molecule has 4 nitrogen and oxygen atoms in total. The zero-order valence-corrected chi connectivity index (χ0v) is 12.1. The van der Waals surface area contributed by atoms with E-state index in [0.29, 0.717) is 13.2 Å². The maximum absolute atomic E-state index is 9.36. The van der Waals surface area contributed by atoms with E-state index >= 15 is 0 Å². The molecule has 0 aliphatic heterocycles. The summed E-state index contributed by atoms with van der Waals surface area (Å²) in [6, 6.07) is 7.83. The van der Waals surface area contributed by atoms with Gasteiger partial charge in [-0.1, -0.05) is 13.8 Å². The summed E-state index contributed by atoms with van der Waals surface area (Å²) >= 11 is 0. The second kappa shape index (κ2) is 8.02. The van der Waals surface area contributed by atoms with Crippen LogP contribution in [0.5, 0.6) is 5.75 Å². The van der Waals surface area contributed by atoms with Crippen molar-refractivity contribution in [1.29, 1.82) is 0 Å². The molecule has 0 saturated heterocycles. The molecule has 0 bridgehead atoms. The first-order valence-electron chi connectivity index (χ1n) is 6.70. The fourth-order valence-corrected chi connectivity index (χ4v) is 1.52. The van der Waals surface area contributed by atoms with Gasteiger partial charge in [-0.25, -0.2) is 0 Å². The number of aliphatic hydroxyl groups excluding tert-OH is 1. The van der Waals surface area contributed by atoms with Crippen LogP contribution in [0.1, 0.15) is 20.3 Å². The van der Waals surface area contributed by atoms with E-state index in [4.69, 9.17) is 9.47 Å². The molecule has 0 saturated carbocycles. The first kappa shape index (κ1) is 15.8. The maximum Gasteiger partial charge on any atom is 0.119 e. The van der Waals surface area contributed by atoms with Crippen molar-refractivity contribution in [3.63, 3.8) is 0 Å². The average Bonchev–Trinajstić information content (AvgIpc) is 2.46. The highest BCUT2D eigenvalue weighted by atomic mass is 16.5. The van der Waals surface area contributed by atoms with E-state index in [-0.39, 0.29) is 12.0 Å². The summed E-state index contributed by atoms with van der Waals surface area (Å²) in [7, 11) is 1.66. The third-order valence-electron chi connectivity index (χ3n) is 3.37. The Bertz CT molecular complexity index is 347. The Morgan fingerprint density at radius 2 is 1.89 bits per heavy atom. The third kappa shape index (κ3) is 5.49. The SMILES string of the molecule is CCC(C)(CO)CNc1ccc(OCCOC)cc1. The van der Waals surface area contributed by atoms with Crippen LogP contribution in [0.2, 0.25) is 0 Å². The van der Waals surface area contributed by atoms with Gasteiger partial charge in [-0.15, -0.1) is 0 Å². The summed E-state index contributed by atoms with van der Waals surface area (Å²) in [4.78, 5) is 0. The van der Waals surface area contributed by atoms with Gasteiger partial charge in [-0.05, 0) is 30.7 Å². The van der Waals surface area contributed by atoms with E-state index in [9.17, 15) is 5.11 Å². The molecule has 0 heterocycles. The smallest absolute Gasteiger partial charge is 0.119 e. The number of aliphatic hydroxyl groups is 1. The molecule has 1 aromatic rings. The predicted octanol–water partition coefficient (Wildman–Crippen LogP) is 2.53. The van der Waals surface area contributed by atoms with Gasteiger partial charge in [-0.2, -0.15) is 0 Å². The lowest BCUT2D eigenvalue weighted by molar-refractivity contribution is 0.146. The van der Waals surface area contributed by atoms with Crippen molar-refractivity contribution in [1.82, 2.24) is 0 Å². The molecule has 0 aromatic heterocycles. The van der Waals surface area contributed by atoms with Gasteiger partial charge >= 0.3 is 0 Å². The normalized spacial score (nSPS) is 13.9. The number of nitrogens with one attached hydrogen (secondary N) is 1. The molecule has 1 atom stereocenters. The third-order valence-corrected chi connectivity index (χ3v) is 3.37. The Balaban J connectivity index is 2.43. The molecule has 1 unspecified atom stereocenters. The maximum atomic E-state index is 9.36. The second-order valence-corrected chi connectivity index (χ2v) is 5.04. The summed E-state index contributed by atoms with van der Waals surface area (Å²) in [6.45, 7) is 6.25. The molecule has 0 aliphatic carbocycles. The molecule has 0 fully saturated rings. The summed E-state index contributed by atoms with van der Waals surface area (Å²) in [5.74, 6) is 0.836. The Morgan fingerprint density at radius 1 is 1.21 bits per heavy atom. The lowest BCUT2D eigenvalue weighted by Crippen LogP contribution is -2.29. The van der Waals surface area contributed by atoms with Gasteiger partial charge in [0.1, 0.15) is 12.4 Å². The van der Waals surface area contributed by atoms with Crippen molar-refractivity contribution in [2.45, 2.75) is 20.3 Å². The number of benzene rings is 1. The van der Waals surface area contributed by atoms with Crippen molar-refractivity contribution < 1.29 is 14.6 Å². The molecule has 1 rings (SSSR count). The first-order valence-corrected chi connectivity index (χ1v) is 6.70. The summed E-state index contributed by atoms with van der Waals surface area (Å²) in [6.07, 6.45) is 0.939. The molecule has 108 valence electrons. The lowest BCUT2D eigenvalue weighted by atomic mass is 9.88. The minimum absolute atomic E-state index is 0.0758. The molecular weight excluding hydrogens is 242 g/mol. The van der Waals surface area contributed by atoms with Gasteiger partial charge in [0, 0.05) is 24.8 Å². The van der Waals surface area contributed by atoms with Crippen LogP contribution in [0.3, 0.4) is 0 Å². The molecular formula is C15H25NO3. The number of ether oxygens (including phenoxy) is 2. The largest absolute Gasteiger partial charge is 0.491 e. The van der Waals surface area contributed by atoms with E-state index in [1.165, 1.54) is 0 Å². The van der Waals surface area contributed by atoms with Gasteiger partial charge in [-0.3, -0.25) is 0 Å². The van der Waals surface area contributed by atoms with Crippen LogP contribution in [0.25, 0.3) is 0 Å². The molecule has 1 aromatic carbocycles. The van der Waals surface area contributed by atoms with E-state index in [0.717, 1.165) is 24.4 Å². The summed E-state index contributed by atoms with van der Waals surface area (Å²) in [5.41, 5.74) is 0.959. The Hall–Kier alpha value is -1.26. The van der Waals surface area contributed by atoms with E-state index in [1.807, 2.05) is 24.3 Å². The quantitative estimate of drug-likeness (QED) is 0.675. The molecule has 0 amide bonds. The summed E-state index contributed by atoms with van der Waals surface area (Å²) in [5, 5.41) is 12.7. The lowest BCUT2D eigenvalue weighted by Gasteiger charge is -2.26. The Labute approximate surface area is 115 Å². The fourth-order valence-electron chi connectivity index (χ4n) is 1.52. The van der Waals surface area contributed by atoms with Gasteiger partial charge in [0.25, 0.3) is 0 Å². The van der Waals surface area contributed by atoms with Gasteiger partial charge in [0.05, 0.1) is 13.2 Å². The average molecular weight is 267 g/mol. The zero-order chi connectivity index (χ0) is 14.1. The van der Waals surface area contributed by atoms with Crippen molar-refractivity contribution in [2.24, 2.45) is 5.41 Å². The Kier molecular flexibility index (Phi) is 6.67. The number of methoxy groups -OCH3 is 1. The summed E-state index contributed by atoms with van der Waals surface area (Å²) < 4.78 is 10.4. The van der Waals surface area contributed by atoms with Crippen LogP contribution < -0.4 is 10.1 Å². The van der Waals surface area contributed by atoms with Gasteiger partial charge < -0.3 is 19.9 Å². The molecule has 4 heteroatoms. The topological polar surface area (TPSA) is 50.7 Å². The van der Waals surface area contributed by atoms with Crippen molar-refractivity contribution >= 4 is 5.69 Å². The highest BCUT2D eigenvalue weighted by Crippen LogP contribution is 2.22. The second-order valence-electron chi connectivity index (χ2n) is 5.04. The zero-order valence-electron chi connectivity index (χ0n) is 12.1. The van der Waals surface area contributed by atoms with Crippen LogP contribution in [0.4, 0.5) is 5.69 Å². The van der Waals surface area contributed by atoms with Gasteiger partial charge in [0.2, 0.25) is 0 Å². The van der Waals surface area contributed by atoms with E-state index in [2.05, 4.69) is 19.2 Å². The van der Waals surface area contributed by atoms with Crippen molar-refractivity contribution in [2.75, 3.05) is 38.8 Å². The van der Waals surface area contributed by atoms with E-state index in [1.54, 1.807) is 7.11 Å². The van der Waals surface area contributed by atoms with Crippen LogP contribution in [-0.2, 0) is 4.74 Å². The van der Waals surface area contributed by atoms with Crippen molar-refractivity contribution in [3.8, 4) is 5.75 Å². The standard InChI is InChI=1S/C15H25NO3/c1-4-15(2,12-17)11-16-13-5-7-14(8-6-13)19-10-9-18-3/h5-8,16-17H,4,9-12H2,1-3H3. The highest BCUT2D eigenvalue weighted by Gasteiger charge is 2.20. The molecule has 0 aliphatic rings. The van der Waals surface area contributed by atoms with Crippen LogP contribution in [0, 0.1) is 5.41 Å². The minimum Gasteiger partial charge on any atom is -0.491 e. The molecule has 2 N–H and O–H groups in total. The Morgan fingerprint density at radius 3 is 2.42 bits per heavy atom. The van der Waals surface area contributed by atoms with Crippen LogP contribution in [0.15, 0.2) is 24.3 Å². The van der Waals surface area contributed by atoms with Gasteiger partial charge in [0.15, 0.2) is 0 Å². The van der Waals surface area contributed by atoms with Crippen molar-refractivity contribution in [3.05, 3.63) is 24.3 Å². The number of rotatable bonds is 9. The molecule has 0 spiro atoms. The number of hydrogen-bond donors (Lipinski definition) is 2. The van der Waals surface area contributed by atoms with Crippen LogP contribution in [-0.4, -0.2) is 38.6 Å².